The van der Waals surface area contributed by atoms with Gasteiger partial charge in [-0.1, -0.05) is 80.9 Å². The third kappa shape index (κ3) is 5.07. The van der Waals surface area contributed by atoms with Gasteiger partial charge in [-0.2, -0.15) is 4.72 Å². The molecule has 3 aromatic rings. The van der Waals surface area contributed by atoms with E-state index in [1.807, 2.05) is 75.4 Å². The van der Waals surface area contributed by atoms with E-state index < -0.39 is 16.1 Å². The molecule has 3 rings (SSSR count). The second-order valence-electron chi connectivity index (χ2n) is 7.63. The quantitative estimate of drug-likeness (QED) is 0.562. The van der Waals surface area contributed by atoms with Crippen LogP contribution >= 0.6 is 0 Å². The standard InChI is InChI=1S/C24H28N2O3S/c1-4-17(2)23(24(27)25-18(3)19-10-6-5-7-11-19)26-30(28,29)22-15-14-20-12-8-9-13-21(20)16-22/h5-18,23,26H,4H2,1-3H3,(H,25,27). The van der Waals surface area contributed by atoms with Crippen LogP contribution in [0.25, 0.3) is 10.8 Å². The summed E-state index contributed by atoms with van der Waals surface area (Å²) in [6, 6.07) is 21.1. The number of sulfonamides is 1. The Labute approximate surface area is 178 Å². The molecule has 0 heterocycles. The lowest BCUT2D eigenvalue weighted by Gasteiger charge is -2.25. The molecule has 0 saturated carbocycles. The molecule has 1 amide bonds. The summed E-state index contributed by atoms with van der Waals surface area (Å²) in [5.74, 6) is -0.492. The Kier molecular flexibility index (Phi) is 6.90. The van der Waals surface area contributed by atoms with E-state index in [9.17, 15) is 13.2 Å². The molecule has 6 heteroatoms. The summed E-state index contributed by atoms with van der Waals surface area (Å²) >= 11 is 0. The number of hydrogen-bond donors (Lipinski definition) is 2. The Morgan fingerprint density at radius 1 is 0.900 bits per heavy atom. The van der Waals surface area contributed by atoms with Crippen molar-refractivity contribution in [3.8, 4) is 0 Å². The summed E-state index contributed by atoms with van der Waals surface area (Å²) in [6.07, 6.45) is 0.665. The lowest BCUT2D eigenvalue weighted by molar-refractivity contribution is -0.124. The van der Waals surface area contributed by atoms with Gasteiger partial charge in [0.15, 0.2) is 0 Å². The molecule has 5 nitrogen and oxygen atoms in total. The Balaban J connectivity index is 1.83. The van der Waals surface area contributed by atoms with Gasteiger partial charge in [0.2, 0.25) is 15.9 Å². The number of amides is 1. The van der Waals surface area contributed by atoms with Crippen LogP contribution in [-0.2, 0) is 14.8 Å². The fraction of sp³-hybridized carbons (Fsp3) is 0.292. The third-order valence-corrected chi connectivity index (χ3v) is 6.91. The highest BCUT2D eigenvalue weighted by Gasteiger charge is 2.30. The summed E-state index contributed by atoms with van der Waals surface area (Å²) < 4.78 is 28.8. The van der Waals surface area contributed by atoms with E-state index in [1.54, 1.807) is 18.2 Å². The van der Waals surface area contributed by atoms with Gasteiger partial charge in [0, 0.05) is 0 Å². The first-order chi connectivity index (χ1) is 14.3. The van der Waals surface area contributed by atoms with Crippen molar-refractivity contribution in [3.63, 3.8) is 0 Å². The maximum absolute atomic E-state index is 13.1. The fourth-order valence-corrected chi connectivity index (χ4v) is 4.70. The topological polar surface area (TPSA) is 75.3 Å². The van der Waals surface area contributed by atoms with Gasteiger partial charge >= 0.3 is 0 Å². The van der Waals surface area contributed by atoms with E-state index in [2.05, 4.69) is 10.0 Å². The van der Waals surface area contributed by atoms with Crippen LogP contribution in [0.1, 0.15) is 38.8 Å². The maximum Gasteiger partial charge on any atom is 0.241 e. The zero-order valence-electron chi connectivity index (χ0n) is 17.5. The maximum atomic E-state index is 13.1. The number of carbonyl (C=O) groups excluding carboxylic acids is 1. The van der Waals surface area contributed by atoms with Gasteiger partial charge in [0.1, 0.15) is 6.04 Å². The van der Waals surface area contributed by atoms with Crippen LogP contribution in [0, 0.1) is 5.92 Å². The number of hydrogen-bond acceptors (Lipinski definition) is 3. The molecule has 3 atom stereocenters. The highest BCUT2D eigenvalue weighted by atomic mass is 32.2. The minimum atomic E-state index is -3.86. The fourth-order valence-electron chi connectivity index (χ4n) is 3.36. The van der Waals surface area contributed by atoms with Crippen LogP contribution in [0.3, 0.4) is 0 Å². The number of nitrogens with one attached hydrogen (secondary N) is 2. The predicted molar refractivity (Wildman–Crippen MR) is 121 cm³/mol. The molecule has 0 aromatic heterocycles. The molecule has 0 bridgehead atoms. The van der Waals surface area contributed by atoms with Crippen LogP contribution in [0.2, 0.25) is 0 Å². The van der Waals surface area contributed by atoms with E-state index in [0.29, 0.717) is 6.42 Å². The second kappa shape index (κ2) is 9.41. The van der Waals surface area contributed by atoms with Crippen LogP contribution < -0.4 is 10.0 Å². The van der Waals surface area contributed by atoms with Crippen molar-refractivity contribution in [3.05, 3.63) is 78.4 Å². The number of rotatable bonds is 8. The van der Waals surface area contributed by atoms with Gasteiger partial charge in [0.05, 0.1) is 10.9 Å². The second-order valence-corrected chi connectivity index (χ2v) is 9.35. The lowest BCUT2D eigenvalue weighted by Crippen LogP contribution is -2.50. The number of carbonyl (C=O) groups is 1. The highest BCUT2D eigenvalue weighted by Crippen LogP contribution is 2.21. The molecule has 3 aromatic carbocycles. The first-order valence-corrected chi connectivity index (χ1v) is 11.7. The lowest BCUT2D eigenvalue weighted by atomic mass is 9.98. The summed E-state index contributed by atoms with van der Waals surface area (Å²) in [5, 5.41) is 4.75. The first-order valence-electron chi connectivity index (χ1n) is 10.2. The SMILES string of the molecule is CCC(C)C(NS(=O)(=O)c1ccc2ccccc2c1)C(=O)NC(C)c1ccccc1. The molecule has 30 heavy (non-hydrogen) atoms. The van der Waals surface area contributed by atoms with E-state index in [0.717, 1.165) is 16.3 Å². The molecule has 0 aliphatic carbocycles. The Hall–Kier alpha value is -2.70. The van der Waals surface area contributed by atoms with Crippen LogP contribution in [0.5, 0.6) is 0 Å². The van der Waals surface area contributed by atoms with Crippen LogP contribution in [0.4, 0.5) is 0 Å². The van der Waals surface area contributed by atoms with Crippen molar-refractivity contribution >= 4 is 26.7 Å². The van der Waals surface area contributed by atoms with Crippen molar-refractivity contribution in [2.45, 2.75) is 44.2 Å². The Bertz CT molecular complexity index is 1110. The average molecular weight is 425 g/mol. The van der Waals surface area contributed by atoms with Gasteiger partial charge in [-0.05, 0) is 41.3 Å². The number of benzene rings is 3. The summed E-state index contributed by atoms with van der Waals surface area (Å²) in [5.41, 5.74) is 0.964. The molecule has 0 radical (unpaired) electrons. The molecule has 158 valence electrons. The van der Waals surface area contributed by atoms with Gasteiger partial charge < -0.3 is 5.32 Å². The van der Waals surface area contributed by atoms with E-state index in [-0.39, 0.29) is 22.8 Å². The van der Waals surface area contributed by atoms with Gasteiger partial charge in [0.25, 0.3) is 0 Å². The van der Waals surface area contributed by atoms with E-state index in [1.165, 1.54) is 0 Å². The van der Waals surface area contributed by atoms with Crippen molar-refractivity contribution in [1.29, 1.82) is 0 Å². The Morgan fingerprint density at radius 2 is 1.53 bits per heavy atom. The molecular formula is C24H28N2O3S. The van der Waals surface area contributed by atoms with Gasteiger partial charge in [-0.3, -0.25) is 4.79 Å². The van der Waals surface area contributed by atoms with E-state index >= 15 is 0 Å². The highest BCUT2D eigenvalue weighted by molar-refractivity contribution is 7.89. The molecule has 0 fully saturated rings. The predicted octanol–water partition coefficient (Wildman–Crippen LogP) is 4.41. The zero-order valence-corrected chi connectivity index (χ0v) is 18.3. The first kappa shape index (κ1) is 22.0. The monoisotopic (exact) mass is 424 g/mol. The summed E-state index contributed by atoms with van der Waals surface area (Å²) in [6.45, 7) is 5.70. The normalized spacial score (nSPS) is 14.8. The largest absolute Gasteiger partial charge is 0.348 e. The molecule has 0 saturated heterocycles. The average Bonchev–Trinajstić information content (AvgIpc) is 2.77. The van der Waals surface area contributed by atoms with E-state index in [4.69, 9.17) is 0 Å². The van der Waals surface area contributed by atoms with Crippen molar-refractivity contribution in [2.75, 3.05) is 0 Å². The van der Waals surface area contributed by atoms with Crippen molar-refractivity contribution < 1.29 is 13.2 Å². The Morgan fingerprint density at radius 3 is 2.20 bits per heavy atom. The zero-order chi connectivity index (χ0) is 21.7. The number of fused-ring (bicyclic) bond motifs is 1. The van der Waals surface area contributed by atoms with Crippen molar-refractivity contribution in [1.82, 2.24) is 10.0 Å². The third-order valence-electron chi connectivity index (χ3n) is 5.47. The minimum Gasteiger partial charge on any atom is -0.348 e. The van der Waals surface area contributed by atoms with Gasteiger partial charge in [-0.15, -0.1) is 0 Å². The minimum absolute atomic E-state index is 0.151. The molecular weight excluding hydrogens is 396 g/mol. The van der Waals surface area contributed by atoms with Crippen LogP contribution in [0.15, 0.2) is 77.7 Å². The summed E-state index contributed by atoms with van der Waals surface area (Å²) in [7, 11) is -3.86. The molecule has 0 spiro atoms. The molecule has 2 N–H and O–H groups in total. The molecule has 0 aliphatic rings. The summed E-state index contributed by atoms with van der Waals surface area (Å²) in [4.78, 5) is 13.2. The molecule has 3 unspecified atom stereocenters. The van der Waals surface area contributed by atoms with Crippen molar-refractivity contribution in [2.24, 2.45) is 5.92 Å². The van der Waals surface area contributed by atoms with Gasteiger partial charge in [-0.25, -0.2) is 8.42 Å². The smallest absolute Gasteiger partial charge is 0.241 e. The van der Waals surface area contributed by atoms with Crippen LogP contribution in [-0.4, -0.2) is 20.4 Å². The molecule has 0 aliphatic heterocycles.